The van der Waals surface area contributed by atoms with E-state index in [9.17, 15) is 4.79 Å². The predicted molar refractivity (Wildman–Crippen MR) is 121 cm³/mol. The molecule has 3 heterocycles. The monoisotopic (exact) mass is 402 g/mol. The van der Waals surface area contributed by atoms with Crippen LogP contribution in [0.1, 0.15) is 42.1 Å². The molecule has 1 saturated heterocycles. The van der Waals surface area contributed by atoms with Crippen molar-refractivity contribution >= 4 is 16.8 Å². The van der Waals surface area contributed by atoms with Crippen LogP contribution in [0.15, 0.2) is 48.7 Å². The number of nitrogens with one attached hydrogen (secondary N) is 1. The molecule has 0 saturated carbocycles. The van der Waals surface area contributed by atoms with Gasteiger partial charge in [-0.2, -0.15) is 0 Å². The van der Waals surface area contributed by atoms with E-state index in [-0.39, 0.29) is 5.91 Å². The molecule has 1 atom stereocenters. The number of benzene rings is 1. The number of carbonyl (C=O) groups excluding carboxylic acids is 1. The summed E-state index contributed by atoms with van der Waals surface area (Å²) in [5.74, 6) is 0.738. The summed E-state index contributed by atoms with van der Waals surface area (Å²) in [4.78, 5) is 24.8. The molecule has 3 aromatic rings. The third-order valence-corrected chi connectivity index (χ3v) is 5.81. The summed E-state index contributed by atoms with van der Waals surface area (Å²) in [6.07, 6.45) is 5.33. The lowest BCUT2D eigenvalue weighted by Gasteiger charge is -2.30. The van der Waals surface area contributed by atoms with Gasteiger partial charge in [0.2, 0.25) is 0 Å². The van der Waals surface area contributed by atoms with Crippen LogP contribution >= 0.6 is 0 Å². The Kier molecular flexibility index (Phi) is 6.38. The maximum atomic E-state index is 13.1. The second-order valence-electron chi connectivity index (χ2n) is 8.45. The number of piperidine rings is 1. The van der Waals surface area contributed by atoms with Gasteiger partial charge < -0.3 is 10.2 Å². The Balaban J connectivity index is 1.50. The number of fused-ring (bicyclic) bond motifs is 1. The van der Waals surface area contributed by atoms with Crippen molar-refractivity contribution in [2.24, 2.45) is 5.92 Å². The molecule has 30 heavy (non-hydrogen) atoms. The second-order valence-corrected chi connectivity index (χ2v) is 8.45. The zero-order valence-electron chi connectivity index (χ0n) is 17.9. The van der Waals surface area contributed by atoms with Gasteiger partial charge in [-0.05, 0) is 75.5 Å². The SMILES string of the molecule is Cc1ccc2nc(-c3ccccn3)cc(C(=O)NCCCN3CCC[C@H](C)C3)c2c1. The molecule has 1 aliphatic rings. The molecule has 0 unspecified atom stereocenters. The molecule has 0 radical (unpaired) electrons. The fraction of sp³-hybridized carbons (Fsp3) is 0.400. The number of likely N-dealkylation sites (tertiary alicyclic amines) is 1. The molecule has 5 heteroatoms. The molecule has 5 nitrogen and oxygen atoms in total. The van der Waals surface area contributed by atoms with E-state index in [0.29, 0.717) is 12.1 Å². The van der Waals surface area contributed by atoms with Crippen LogP contribution in [-0.2, 0) is 0 Å². The number of aromatic nitrogens is 2. The molecule has 156 valence electrons. The van der Waals surface area contributed by atoms with E-state index < -0.39 is 0 Å². The highest BCUT2D eigenvalue weighted by Gasteiger charge is 2.17. The lowest BCUT2D eigenvalue weighted by atomic mass is 10.0. The van der Waals surface area contributed by atoms with Crippen LogP contribution in [0.5, 0.6) is 0 Å². The Hall–Kier alpha value is -2.79. The number of amides is 1. The first kappa shape index (κ1) is 20.5. The minimum Gasteiger partial charge on any atom is -0.352 e. The Morgan fingerprint density at radius 3 is 2.90 bits per heavy atom. The van der Waals surface area contributed by atoms with E-state index in [2.05, 4.69) is 22.1 Å². The largest absolute Gasteiger partial charge is 0.352 e. The van der Waals surface area contributed by atoms with Gasteiger partial charge in [-0.3, -0.25) is 9.78 Å². The van der Waals surface area contributed by atoms with Crippen molar-refractivity contribution in [3.8, 4) is 11.4 Å². The average Bonchev–Trinajstić information content (AvgIpc) is 2.76. The number of rotatable bonds is 6. The number of nitrogens with zero attached hydrogens (tertiary/aromatic N) is 3. The third kappa shape index (κ3) is 4.85. The van der Waals surface area contributed by atoms with Crippen LogP contribution in [0, 0.1) is 12.8 Å². The van der Waals surface area contributed by atoms with Crippen molar-refractivity contribution < 1.29 is 4.79 Å². The van der Waals surface area contributed by atoms with Crippen molar-refractivity contribution in [1.82, 2.24) is 20.2 Å². The predicted octanol–water partition coefficient (Wildman–Crippen LogP) is 4.46. The minimum atomic E-state index is -0.0443. The highest BCUT2D eigenvalue weighted by atomic mass is 16.1. The number of carbonyl (C=O) groups is 1. The summed E-state index contributed by atoms with van der Waals surface area (Å²) in [5, 5.41) is 4.01. The summed E-state index contributed by atoms with van der Waals surface area (Å²) >= 11 is 0. The van der Waals surface area contributed by atoms with E-state index in [0.717, 1.165) is 46.7 Å². The lowest BCUT2D eigenvalue weighted by Crippen LogP contribution is -2.36. The van der Waals surface area contributed by atoms with Gasteiger partial charge in [0.05, 0.1) is 22.5 Å². The molecule has 1 amide bonds. The number of aryl methyl sites for hydroxylation is 1. The molecule has 4 rings (SSSR count). The normalized spacial score (nSPS) is 17.2. The van der Waals surface area contributed by atoms with Gasteiger partial charge in [-0.15, -0.1) is 0 Å². The van der Waals surface area contributed by atoms with Gasteiger partial charge >= 0.3 is 0 Å². The van der Waals surface area contributed by atoms with Crippen LogP contribution in [0.4, 0.5) is 0 Å². The van der Waals surface area contributed by atoms with Crippen molar-refractivity contribution in [2.75, 3.05) is 26.2 Å². The third-order valence-electron chi connectivity index (χ3n) is 5.81. The molecule has 0 spiro atoms. The molecule has 2 aromatic heterocycles. The lowest BCUT2D eigenvalue weighted by molar-refractivity contribution is 0.0951. The van der Waals surface area contributed by atoms with Crippen LogP contribution < -0.4 is 5.32 Å². The van der Waals surface area contributed by atoms with Crippen molar-refractivity contribution in [3.63, 3.8) is 0 Å². The zero-order valence-corrected chi connectivity index (χ0v) is 17.9. The van der Waals surface area contributed by atoms with E-state index in [1.54, 1.807) is 6.20 Å². The summed E-state index contributed by atoms with van der Waals surface area (Å²) in [6, 6.07) is 13.6. The molecule has 1 aromatic carbocycles. The molecular weight excluding hydrogens is 372 g/mol. The quantitative estimate of drug-likeness (QED) is 0.619. The van der Waals surface area contributed by atoms with Gasteiger partial charge in [0.1, 0.15) is 0 Å². The van der Waals surface area contributed by atoms with Crippen molar-refractivity contribution in [3.05, 3.63) is 59.8 Å². The summed E-state index contributed by atoms with van der Waals surface area (Å²) in [7, 11) is 0. The minimum absolute atomic E-state index is 0.0443. The Bertz CT molecular complexity index is 1020. The molecule has 1 aliphatic heterocycles. The molecular formula is C25H30N4O. The Morgan fingerprint density at radius 2 is 2.10 bits per heavy atom. The standard InChI is InChI=1S/C25H30N4O/c1-18-9-10-22-20(15-18)21(16-24(28-22)23-8-3-4-11-26-23)25(30)27-12-6-14-29-13-5-7-19(2)17-29/h3-4,8-11,15-16,19H,5-7,12-14,17H2,1-2H3,(H,27,30)/t19-/m0/s1. The Morgan fingerprint density at radius 1 is 1.20 bits per heavy atom. The maximum absolute atomic E-state index is 13.1. The van der Waals surface area contributed by atoms with E-state index in [1.807, 2.05) is 49.4 Å². The van der Waals surface area contributed by atoms with Gasteiger partial charge in [0.15, 0.2) is 0 Å². The van der Waals surface area contributed by atoms with E-state index >= 15 is 0 Å². The van der Waals surface area contributed by atoms with Crippen LogP contribution in [0.25, 0.3) is 22.3 Å². The second kappa shape index (κ2) is 9.35. The maximum Gasteiger partial charge on any atom is 0.252 e. The zero-order chi connectivity index (χ0) is 20.9. The van der Waals surface area contributed by atoms with Crippen LogP contribution in [0.2, 0.25) is 0 Å². The highest BCUT2D eigenvalue weighted by molar-refractivity contribution is 6.07. The average molecular weight is 403 g/mol. The Labute approximate surface area is 178 Å². The van der Waals surface area contributed by atoms with Crippen molar-refractivity contribution in [1.29, 1.82) is 0 Å². The fourth-order valence-corrected chi connectivity index (χ4v) is 4.26. The van der Waals surface area contributed by atoms with Gasteiger partial charge in [0.25, 0.3) is 5.91 Å². The topological polar surface area (TPSA) is 58.1 Å². The van der Waals surface area contributed by atoms with Crippen molar-refractivity contribution in [2.45, 2.75) is 33.1 Å². The first-order valence-electron chi connectivity index (χ1n) is 10.9. The highest BCUT2D eigenvalue weighted by Crippen LogP contribution is 2.24. The number of pyridine rings is 2. The van der Waals surface area contributed by atoms with E-state index in [4.69, 9.17) is 4.98 Å². The molecule has 0 bridgehead atoms. The first-order valence-corrected chi connectivity index (χ1v) is 10.9. The van der Waals surface area contributed by atoms with Gasteiger partial charge in [-0.1, -0.05) is 24.6 Å². The van der Waals surface area contributed by atoms with Crippen LogP contribution in [0.3, 0.4) is 0 Å². The first-order chi connectivity index (χ1) is 14.6. The fourth-order valence-electron chi connectivity index (χ4n) is 4.26. The summed E-state index contributed by atoms with van der Waals surface area (Å²) in [5.41, 5.74) is 4.09. The van der Waals surface area contributed by atoms with Crippen LogP contribution in [-0.4, -0.2) is 47.0 Å². The number of hydrogen-bond donors (Lipinski definition) is 1. The molecule has 1 fully saturated rings. The van der Waals surface area contributed by atoms with E-state index in [1.165, 1.54) is 25.9 Å². The molecule has 1 N–H and O–H groups in total. The number of hydrogen-bond acceptors (Lipinski definition) is 4. The smallest absolute Gasteiger partial charge is 0.252 e. The van der Waals surface area contributed by atoms with Gasteiger partial charge in [-0.25, -0.2) is 4.98 Å². The molecule has 0 aliphatic carbocycles. The summed E-state index contributed by atoms with van der Waals surface area (Å²) in [6.45, 7) is 8.44. The van der Waals surface area contributed by atoms with Gasteiger partial charge in [0, 0.05) is 24.7 Å². The summed E-state index contributed by atoms with van der Waals surface area (Å²) < 4.78 is 0.